The molecule has 0 aliphatic carbocycles. The van der Waals surface area contributed by atoms with Gasteiger partial charge >= 0.3 is 0 Å². The molecule has 0 bridgehead atoms. The number of nitrogen functional groups attached to an aromatic ring is 1. The topological polar surface area (TPSA) is 70.8 Å². The molecule has 0 spiro atoms. The van der Waals surface area contributed by atoms with E-state index < -0.39 is 6.10 Å². The highest BCUT2D eigenvalue weighted by Crippen LogP contribution is 2.34. The van der Waals surface area contributed by atoms with Crippen LogP contribution in [-0.2, 0) is 0 Å². The molecule has 2 aromatic carbocycles. The van der Waals surface area contributed by atoms with E-state index in [0.717, 1.165) is 6.42 Å². The molecular weight excluding hydrogens is 342 g/mol. The first-order valence-corrected chi connectivity index (χ1v) is 8.35. The summed E-state index contributed by atoms with van der Waals surface area (Å²) in [5.41, 5.74) is 6.72. The number of hydrogen-bond donors (Lipinski definition) is 1. The minimum atomic E-state index is -0.661. The highest BCUT2D eigenvalue weighted by molar-refractivity contribution is 6.32. The van der Waals surface area contributed by atoms with Crippen molar-refractivity contribution < 1.29 is 19.0 Å². The van der Waals surface area contributed by atoms with E-state index in [2.05, 4.69) is 0 Å². The molecule has 5 nitrogen and oxygen atoms in total. The van der Waals surface area contributed by atoms with E-state index in [4.69, 9.17) is 31.5 Å². The van der Waals surface area contributed by atoms with Crippen LogP contribution in [0.1, 0.15) is 30.1 Å². The Morgan fingerprint density at radius 2 is 1.88 bits per heavy atom. The number of carbonyl (C=O) groups excluding carboxylic acids is 1. The van der Waals surface area contributed by atoms with Gasteiger partial charge in [-0.3, -0.25) is 4.79 Å². The molecule has 134 valence electrons. The zero-order valence-electron chi connectivity index (χ0n) is 14.5. The smallest absolute Gasteiger partial charge is 0.207 e. The maximum Gasteiger partial charge on any atom is 0.207 e. The number of carbonyl (C=O) groups is 1. The number of anilines is 1. The van der Waals surface area contributed by atoms with Crippen molar-refractivity contribution in [3.05, 3.63) is 47.0 Å². The van der Waals surface area contributed by atoms with E-state index in [1.54, 1.807) is 36.4 Å². The zero-order chi connectivity index (χ0) is 18.4. The largest absolute Gasteiger partial charge is 0.496 e. The van der Waals surface area contributed by atoms with Gasteiger partial charge in [-0.25, -0.2) is 0 Å². The van der Waals surface area contributed by atoms with Crippen molar-refractivity contribution in [1.29, 1.82) is 0 Å². The molecule has 1 atom stereocenters. The molecule has 1 unspecified atom stereocenters. The molecule has 25 heavy (non-hydrogen) atoms. The zero-order valence-corrected chi connectivity index (χ0v) is 15.3. The molecule has 6 heteroatoms. The van der Waals surface area contributed by atoms with Crippen molar-refractivity contribution in [2.45, 2.75) is 25.9 Å². The number of Topliss-reactive ketones (excluding diaryl/α,β-unsaturated/α-hetero) is 1. The molecule has 0 fully saturated rings. The minimum Gasteiger partial charge on any atom is -0.496 e. The van der Waals surface area contributed by atoms with Crippen LogP contribution >= 0.6 is 11.6 Å². The van der Waals surface area contributed by atoms with Crippen LogP contribution in [0.2, 0.25) is 5.02 Å². The fourth-order valence-corrected chi connectivity index (χ4v) is 2.72. The van der Waals surface area contributed by atoms with Crippen LogP contribution in [0.15, 0.2) is 36.4 Å². The quantitative estimate of drug-likeness (QED) is 0.557. The van der Waals surface area contributed by atoms with Crippen molar-refractivity contribution >= 4 is 23.1 Å². The second-order valence-electron chi connectivity index (χ2n) is 5.52. The Hall–Kier alpha value is -2.40. The van der Waals surface area contributed by atoms with Crippen molar-refractivity contribution in [2.24, 2.45) is 0 Å². The van der Waals surface area contributed by atoms with Gasteiger partial charge in [-0.1, -0.05) is 31.0 Å². The van der Waals surface area contributed by atoms with Crippen LogP contribution in [0.5, 0.6) is 17.2 Å². The lowest BCUT2D eigenvalue weighted by atomic mass is 10.0. The first-order chi connectivity index (χ1) is 12.0. The molecule has 0 aliphatic rings. The third-order valence-corrected chi connectivity index (χ3v) is 4.01. The summed E-state index contributed by atoms with van der Waals surface area (Å²) < 4.78 is 16.4. The number of ether oxygens (including phenoxy) is 3. The Morgan fingerprint density at radius 1 is 1.16 bits per heavy atom. The monoisotopic (exact) mass is 363 g/mol. The van der Waals surface area contributed by atoms with Gasteiger partial charge in [0.2, 0.25) is 5.78 Å². The maximum atomic E-state index is 13.0. The molecule has 0 radical (unpaired) electrons. The standard InChI is InChI=1S/C19H22ClNO4/c1-4-6-16(25-13-8-5-7-12(21)9-13)19(22)14-10-18(24-3)15(20)11-17(14)23-2/h5,7-11,16H,4,6,21H2,1-3H3. The Bertz CT molecular complexity index is 748. The summed E-state index contributed by atoms with van der Waals surface area (Å²) >= 11 is 6.11. The first-order valence-electron chi connectivity index (χ1n) is 7.98. The van der Waals surface area contributed by atoms with Crippen molar-refractivity contribution in [1.82, 2.24) is 0 Å². The van der Waals surface area contributed by atoms with Gasteiger partial charge in [-0.05, 0) is 24.6 Å². The Balaban J connectivity index is 2.36. The highest BCUT2D eigenvalue weighted by Gasteiger charge is 2.26. The second-order valence-corrected chi connectivity index (χ2v) is 5.93. The van der Waals surface area contributed by atoms with Crippen LogP contribution < -0.4 is 19.9 Å². The van der Waals surface area contributed by atoms with E-state index >= 15 is 0 Å². The summed E-state index contributed by atoms with van der Waals surface area (Å²) in [5.74, 6) is 1.14. The van der Waals surface area contributed by atoms with E-state index in [1.165, 1.54) is 14.2 Å². The number of halogens is 1. The average Bonchev–Trinajstić information content (AvgIpc) is 2.60. The summed E-state index contributed by atoms with van der Waals surface area (Å²) in [6.07, 6.45) is 0.680. The van der Waals surface area contributed by atoms with Gasteiger partial charge < -0.3 is 19.9 Å². The number of benzene rings is 2. The van der Waals surface area contributed by atoms with Crippen molar-refractivity contribution in [3.63, 3.8) is 0 Å². The van der Waals surface area contributed by atoms with E-state index in [1.807, 2.05) is 6.92 Å². The number of methoxy groups -OCH3 is 2. The fraction of sp³-hybridized carbons (Fsp3) is 0.316. The number of nitrogens with two attached hydrogens (primary N) is 1. The Morgan fingerprint density at radius 3 is 2.48 bits per heavy atom. The maximum absolute atomic E-state index is 13.0. The number of hydrogen-bond acceptors (Lipinski definition) is 5. The molecule has 0 amide bonds. The van der Waals surface area contributed by atoms with Gasteiger partial charge in [0.1, 0.15) is 17.2 Å². The third kappa shape index (κ3) is 4.57. The van der Waals surface area contributed by atoms with Gasteiger partial charge in [-0.2, -0.15) is 0 Å². The Labute approximate surface area is 152 Å². The lowest BCUT2D eigenvalue weighted by Crippen LogP contribution is -2.28. The lowest BCUT2D eigenvalue weighted by Gasteiger charge is -2.20. The van der Waals surface area contributed by atoms with E-state index in [9.17, 15) is 4.79 Å². The molecule has 2 aromatic rings. The van der Waals surface area contributed by atoms with Crippen molar-refractivity contribution in [3.8, 4) is 17.2 Å². The molecule has 2 rings (SSSR count). The SMILES string of the molecule is CCCC(Oc1cccc(N)c1)C(=O)c1cc(OC)c(Cl)cc1OC. The molecule has 2 N–H and O–H groups in total. The molecule has 0 heterocycles. The minimum absolute atomic E-state index is 0.198. The van der Waals surface area contributed by atoms with Crippen LogP contribution in [0.3, 0.4) is 0 Å². The predicted octanol–water partition coefficient (Wildman–Crippen LogP) is 4.37. The number of rotatable bonds is 8. The van der Waals surface area contributed by atoms with Crippen LogP contribution in [0.4, 0.5) is 5.69 Å². The predicted molar refractivity (Wildman–Crippen MR) is 99.1 cm³/mol. The van der Waals surface area contributed by atoms with E-state index in [0.29, 0.717) is 39.9 Å². The highest BCUT2D eigenvalue weighted by atomic mass is 35.5. The van der Waals surface area contributed by atoms with Gasteiger partial charge in [0.15, 0.2) is 6.10 Å². The number of ketones is 1. The summed E-state index contributed by atoms with van der Waals surface area (Å²) in [6.45, 7) is 1.99. The average molecular weight is 364 g/mol. The van der Waals surface area contributed by atoms with Crippen LogP contribution in [0, 0.1) is 0 Å². The summed E-state index contributed by atoms with van der Waals surface area (Å²) in [6, 6.07) is 10.1. The molecular formula is C19H22ClNO4. The summed E-state index contributed by atoms with van der Waals surface area (Å²) in [7, 11) is 2.98. The Kier molecular flexibility index (Phi) is 6.53. The first kappa shape index (κ1) is 18.9. The molecule has 0 aliphatic heterocycles. The third-order valence-electron chi connectivity index (χ3n) is 3.72. The molecule has 0 aromatic heterocycles. The fourth-order valence-electron chi connectivity index (χ4n) is 2.48. The summed E-state index contributed by atoms with van der Waals surface area (Å²) in [5, 5.41) is 0.375. The van der Waals surface area contributed by atoms with Crippen LogP contribution in [-0.4, -0.2) is 26.1 Å². The van der Waals surface area contributed by atoms with Gasteiger partial charge in [0.05, 0.1) is 24.8 Å². The van der Waals surface area contributed by atoms with Crippen LogP contribution in [0.25, 0.3) is 0 Å². The molecule has 0 saturated carbocycles. The van der Waals surface area contributed by atoms with Gasteiger partial charge in [0, 0.05) is 17.8 Å². The van der Waals surface area contributed by atoms with Gasteiger partial charge in [0.25, 0.3) is 0 Å². The molecule has 0 saturated heterocycles. The van der Waals surface area contributed by atoms with Gasteiger partial charge in [-0.15, -0.1) is 0 Å². The van der Waals surface area contributed by atoms with Crippen molar-refractivity contribution in [2.75, 3.05) is 20.0 Å². The summed E-state index contributed by atoms with van der Waals surface area (Å²) in [4.78, 5) is 13.0. The van der Waals surface area contributed by atoms with E-state index in [-0.39, 0.29) is 5.78 Å². The second kappa shape index (κ2) is 8.62. The normalized spacial score (nSPS) is 11.7. The lowest BCUT2D eigenvalue weighted by molar-refractivity contribution is 0.0774.